The second-order valence-electron chi connectivity index (χ2n) is 6.30. The van der Waals surface area contributed by atoms with Crippen molar-refractivity contribution in [3.63, 3.8) is 0 Å². The number of aliphatic hydroxyl groups is 1. The van der Waals surface area contributed by atoms with E-state index in [-0.39, 0.29) is 6.10 Å². The summed E-state index contributed by atoms with van der Waals surface area (Å²) in [5, 5.41) is 9.81. The second-order valence-corrected chi connectivity index (χ2v) is 6.30. The minimum Gasteiger partial charge on any atom is -0.393 e. The number of rotatable bonds is 5. The predicted octanol–water partition coefficient (Wildman–Crippen LogP) is 4.20. The van der Waals surface area contributed by atoms with Crippen molar-refractivity contribution in [2.75, 3.05) is 0 Å². The number of hydrogen-bond donors (Lipinski definition) is 1. The highest BCUT2D eigenvalue weighted by Crippen LogP contribution is 2.45. The smallest absolute Gasteiger partial charge is 0.0543 e. The minimum absolute atomic E-state index is 0.116. The molecule has 0 aromatic heterocycles. The number of hydrogen-bond acceptors (Lipinski definition) is 1. The standard InChI is InChI=1S/C15H29O/c1-5-7-13(16)9-10-14-12(2)8-6-11-15(14,3)4/h10,12-14,16H,5-9,11H2,1-4H3. The van der Waals surface area contributed by atoms with E-state index >= 15 is 0 Å². The Labute approximate surface area is 102 Å². The predicted molar refractivity (Wildman–Crippen MR) is 70.1 cm³/mol. The first-order chi connectivity index (χ1) is 7.47. The largest absolute Gasteiger partial charge is 0.393 e. The van der Waals surface area contributed by atoms with E-state index in [1.54, 1.807) is 0 Å². The molecule has 1 N–H and O–H groups in total. The second kappa shape index (κ2) is 6.05. The van der Waals surface area contributed by atoms with Gasteiger partial charge >= 0.3 is 0 Å². The van der Waals surface area contributed by atoms with Crippen molar-refractivity contribution < 1.29 is 5.11 Å². The van der Waals surface area contributed by atoms with Crippen molar-refractivity contribution in [1.29, 1.82) is 0 Å². The van der Waals surface area contributed by atoms with Crippen LogP contribution in [-0.2, 0) is 0 Å². The fraction of sp³-hybridized carbons (Fsp3) is 0.933. The van der Waals surface area contributed by atoms with Crippen molar-refractivity contribution in [2.24, 2.45) is 17.3 Å². The van der Waals surface area contributed by atoms with Crippen LogP contribution in [0, 0.1) is 23.7 Å². The van der Waals surface area contributed by atoms with Crippen LogP contribution < -0.4 is 0 Å². The molecular weight excluding hydrogens is 196 g/mol. The van der Waals surface area contributed by atoms with Crippen molar-refractivity contribution in [3.8, 4) is 0 Å². The molecule has 0 spiro atoms. The van der Waals surface area contributed by atoms with E-state index < -0.39 is 0 Å². The summed E-state index contributed by atoms with van der Waals surface area (Å²) in [6.45, 7) is 9.27. The van der Waals surface area contributed by atoms with E-state index in [9.17, 15) is 5.11 Å². The normalized spacial score (nSPS) is 31.3. The highest BCUT2D eigenvalue weighted by Gasteiger charge is 2.36. The Hall–Kier alpha value is -0.0400. The summed E-state index contributed by atoms with van der Waals surface area (Å²) in [5.41, 5.74) is 0.434. The van der Waals surface area contributed by atoms with Crippen LogP contribution in [0.5, 0.6) is 0 Å². The average molecular weight is 225 g/mol. The maximum atomic E-state index is 9.81. The zero-order valence-corrected chi connectivity index (χ0v) is 11.5. The van der Waals surface area contributed by atoms with Gasteiger partial charge in [-0.05, 0) is 42.9 Å². The fourth-order valence-corrected chi connectivity index (χ4v) is 3.30. The molecule has 16 heavy (non-hydrogen) atoms. The van der Waals surface area contributed by atoms with Gasteiger partial charge in [0.1, 0.15) is 0 Å². The van der Waals surface area contributed by atoms with Gasteiger partial charge in [-0.2, -0.15) is 0 Å². The quantitative estimate of drug-likeness (QED) is 0.743. The van der Waals surface area contributed by atoms with E-state index in [2.05, 4.69) is 34.1 Å². The molecule has 1 nitrogen and oxygen atoms in total. The third kappa shape index (κ3) is 3.76. The molecule has 0 bridgehead atoms. The molecule has 0 amide bonds. The molecule has 1 fully saturated rings. The van der Waals surface area contributed by atoms with Crippen LogP contribution in [0.25, 0.3) is 0 Å². The third-order valence-electron chi connectivity index (χ3n) is 4.28. The van der Waals surface area contributed by atoms with E-state index in [1.807, 2.05) is 0 Å². The summed E-state index contributed by atoms with van der Waals surface area (Å²) in [4.78, 5) is 0. The first-order valence-corrected chi connectivity index (χ1v) is 6.98. The average Bonchev–Trinajstić information content (AvgIpc) is 2.16. The molecule has 0 aromatic carbocycles. The Morgan fingerprint density at radius 2 is 2.12 bits per heavy atom. The fourth-order valence-electron chi connectivity index (χ4n) is 3.30. The van der Waals surface area contributed by atoms with Gasteiger partial charge in [0.15, 0.2) is 0 Å². The van der Waals surface area contributed by atoms with Crippen LogP contribution in [0.4, 0.5) is 0 Å². The molecule has 0 saturated heterocycles. The van der Waals surface area contributed by atoms with Gasteiger partial charge in [0, 0.05) is 0 Å². The van der Waals surface area contributed by atoms with Gasteiger partial charge in [-0.1, -0.05) is 47.0 Å². The van der Waals surface area contributed by atoms with Crippen molar-refractivity contribution in [1.82, 2.24) is 0 Å². The molecule has 1 radical (unpaired) electrons. The first kappa shape index (κ1) is 14.0. The Kier molecular flexibility index (Phi) is 5.30. The van der Waals surface area contributed by atoms with Crippen molar-refractivity contribution in [2.45, 2.75) is 72.3 Å². The summed E-state index contributed by atoms with van der Waals surface area (Å²) >= 11 is 0. The lowest BCUT2D eigenvalue weighted by atomic mass is 9.62. The Morgan fingerprint density at radius 1 is 1.44 bits per heavy atom. The Balaban J connectivity index is 2.43. The van der Waals surface area contributed by atoms with Gasteiger partial charge in [-0.25, -0.2) is 0 Å². The minimum atomic E-state index is -0.116. The van der Waals surface area contributed by atoms with Gasteiger partial charge in [-0.3, -0.25) is 0 Å². The lowest BCUT2D eigenvalue weighted by Crippen LogP contribution is -2.34. The molecule has 0 aliphatic heterocycles. The van der Waals surface area contributed by atoms with Gasteiger partial charge in [0.05, 0.1) is 6.10 Å². The van der Waals surface area contributed by atoms with Crippen LogP contribution in [-0.4, -0.2) is 11.2 Å². The third-order valence-corrected chi connectivity index (χ3v) is 4.28. The van der Waals surface area contributed by atoms with Crippen LogP contribution >= 0.6 is 0 Å². The first-order valence-electron chi connectivity index (χ1n) is 6.98. The molecule has 1 aliphatic carbocycles. The van der Waals surface area contributed by atoms with Crippen molar-refractivity contribution in [3.05, 3.63) is 6.42 Å². The molecule has 1 saturated carbocycles. The highest BCUT2D eigenvalue weighted by molar-refractivity contribution is 4.95. The van der Waals surface area contributed by atoms with Gasteiger partial charge < -0.3 is 5.11 Å². The molecule has 0 aromatic rings. The van der Waals surface area contributed by atoms with Gasteiger partial charge in [0.2, 0.25) is 0 Å². The summed E-state index contributed by atoms with van der Waals surface area (Å²) in [5.74, 6) is 1.48. The summed E-state index contributed by atoms with van der Waals surface area (Å²) < 4.78 is 0. The summed E-state index contributed by atoms with van der Waals surface area (Å²) in [6, 6.07) is 0. The van der Waals surface area contributed by atoms with Gasteiger partial charge in [-0.15, -0.1) is 0 Å². The van der Waals surface area contributed by atoms with E-state index in [0.29, 0.717) is 11.3 Å². The molecular formula is C15H29O. The van der Waals surface area contributed by atoms with Crippen LogP contribution in [0.1, 0.15) is 66.2 Å². The van der Waals surface area contributed by atoms with E-state index in [0.717, 1.165) is 25.2 Å². The van der Waals surface area contributed by atoms with E-state index in [1.165, 1.54) is 19.3 Å². The lowest BCUT2D eigenvalue weighted by Gasteiger charge is -2.43. The molecule has 0 heterocycles. The SMILES string of the molecule is CCCC(O)C[CH]C1C(C)CCCC1(C)C. The molecule has 3 atom stereocenters. The molecule has 3 unspecified atom stereocenters. The topological polar surface area (TPSA) is 20.2 Å². The van der Waals surface area contributed by atoms with E-state index in [4.69, 9.17) is 0 Å². The van der Waals surface area contributed by atoms with Crippen molar-refractivity contribution >= 4 is 0 Å². The monoisotopic (exact) mass is 225 g/mol. The molecule has 1 heteroatoms. The highest BCUT2D eigenvalue weighted by atomic mass is 16.3. The summed E-state index contributed by atoms with van der Waals surface area (Å²) in [7, 11) is 0. The number of aliphatic hydroxyl groups excluding tert-OH is 1. The van der Waals surface area contributed by atoms with Crippen LogP contribution in [0.15, 0.2) is 0 Å². The lowest BCUT2D eigenvalue weighted by molar-refractivity contribution is 0.0923. The van der Waals surface area contributed by atoms with Crippen LogP contribution in [0.3, 0.4) is 0 Å². The molecule has 1 aliphatic rings. The van der Waals surface area contributed by atoms with Gasteiger partial charge in [0.25, 0.3) is 0 Å². The molecule has 1 rings (SSSR count). The summed E-state index contributed by atoms with van der Waals surface area (Å²) in [6.07, 6.45) is 9.26. The Bertz CT molecular complexity index is 198. The maximum Gasteiger partial charge on any atom is 0.0543 e. The zero-order valence-electron chi connectivity index (χ0n) is 11.5. The maximum absolute atomic E-state index is 9.81. The Morgan fingerprint density at radius 3 is 2.69 bits per heavy atom. The van der Waals surface area contributed by atoms with Crippen LogP contribution in [0.2, 0.25) is 0 Å². The zero-order chi connectivity index (χ0) is 12.2. The molecule has 95 valence electrons.